The van der Waals surface area contributed by atoms with E-state index in [-0.39, 0.29) is 17.1 Å². The molecule has 160 valence electrons. The van der Waals surface area contributed by atoms with E-state index < -0.39 is 0 Å². The van der Waals surface area contributed by atoms with E-state index in [0.717, 1.165) is 60.2 Å². The van der Waals surface area contributed by atoms with Crippen LogP contribution in [0.15, 0.2) is 23.0 Å². The van der Waals surface area contributed by atoms with E-state index in [2.05, 4.69) is 65.2 Å². The van der Waals surface area contributed by atoms with Crippen LogP contribution < -0.4 is 5.56 Å². The standard InChI is InChI=1S/C23H32N6O/c1-6-23(4,5)29-21(25-26-27-29)20(28-10-8-7-9-11-28)18-14-17-13-15(2)12-16(3)19(17)24-22(18)30/h12-14,20H,6-11H2,1-5H3,(H,24,30)/t20-/m0/s1. The van der Waals surface area contributed by atoms with Crippen LogP contribution in [0.25, 0.3) is 10.9 Å². The van der Waals surface area contributed by atoms with E-state index in [1.807, 2.05) is 17.7 Å². The molecule has 7 heteroatoms. The summed E-state index contributed by atoms with van der Waals surface area (Å²) in [5, 5.41) is 13.9. The summed E-state index contributed by atoms with van der Waals surface area (Å²) in [6.45, 7) is 12.4. The number of hydrogen-bond donors (Lipinski definition) is 1. The molecular formula is C23H32N6O. The zero-order valence-electron chi connectivity index (χ0n) is 18.7. The Kier molecular flexibility index (Phi) is 5.49. The lowest BCUT2D eigenvalue weighted by molar-refractivity contribution is 0.167. The van der Waals surface area contributed by atoms with Gasteiger partial charge in [0.2, 0.25) is 0 Å². The second kappa shape index (κ2) is 7.95. The molecule has 1 aliphatic rings. The SMILES string of the molecule is CCC(C)(C)n1nnnc1[C@H](c1cc2cc(C)cc(C)c2[nH]c1=O)N1CCCCC1. The Bertz CT molecular complexity index is 1110. The smallest absolute Gasteiger partial charge is 0.253 e. The second-order valence-corrected chi connectivity index (χ2v) is 9.21. The Balaban J connectivity index is 1.93. The average molecular weight is 409 g/mol. The normalized spacial score (nSPS) is 16.8. The summed E-state index contributed by atoms with van der Waals surface area (Å²) in [5.74, 6) is 0.748. The number of nitrogens with zero attached hydrogens (tertiary/aromatic N) is 5. The van der Waals surface area contributed by atoms with Crippen LogP contribution in [0.1, 0.15) is 75.0 Å². The van der Waals surface area contributed by atoms with Crippen LogP contribution in [0.2, 0.25) is 0 Å². The van der Waals surface area contributed by atoms with Crippen molar-refractivity contribution in [3.63, 3.8) is 0 Å². The number of tetrazole rings is 1. The van der Waals surface area contributed by atoms with Crippen molar-refractivity contribution in [1.82, 2.24) is 30.1 Å². The highest BCUT2D eigenvalue weighted by molar-refractivity contribution is 5.83. The molecule has 1 aromatic carbocycles. The summed E-state index contributed by atoms with van der Waals surface area (Å²) in [6, 6.07) is 6.02. The maximum Gasteiger partial charge on any atom is 0.253 e. The Morgan fingerprint density at radius 3 is 2.57 bits per heavy atom. The number of hydrogen-bond acceptors (Lipinski definition) is 5. The van der Waals surface area contributed by atoms with Gasteiger partial charge in [0.05, 0.1) is 11.1 Å². The van der Waals surface area contributed by atoms with Crippen molar-refractivity contribution in [3.05, 3.63) is 51.1 Å². The summed E-state index contributed by atoms with van der Waals surface area (Å²) in [5.41, 5.74) is 3.60. The number of aromatic amines is 1. The molecule has 0 bridgehead atoms. The van der Waals surface area contributed by atoms with Gasteiger partial charge < -0.3 is 4.98 Å². The molecule has 30 heavy (non-hydrogen) atoms. The van der Waals surface area contributed by atoms with Gasteiger partial charge in [-0.3, -0.25) is 9.69 Å². The Morgan fingerprint density at radius 2 is 1.87 bits per heavy atom. The molecule has 3 aromatic rings. The first-order chi connectivity index (χ1) is 14.3. The van der Waals surface area contributed by atoms with Crippen LogP contribution in [0.3, 0.4) is 0 Å². The fourth-order valence-corrected chi connectivity index (χ4v) is 4.53. The Hall–Kier alpha value is -2.54. The van der Waals surface area contributed by atoms with Crippen molar-refractivity contribution in [2.45, 2.75) is 71.9 Å². The molecule has 0 saturated carbocycles. The molecule has 4 rings (SSSR count). The first-order valence-corrected chi connectivity index (χ1v) is 11.0. The minimum Gasteiger partial charge on any atom is -0.321 e. The van der Waals surface area contributed by atoms with Gasteiger partial charge in [0.25, 0.3) is 5.56 Å². The second-order valence-electron chi connectivity index (χ2n) is 9.21. The number of aryl methyl sites for hydroxylation is 2. The lowest BCUT2D eigenvalue weighted by Gasteiger charge is -2.35. The van der Waals surface area contributed by atoms with Crippen molar-refractivity contribution in [2.24, 2.45) is 0 Å². The first kappa shape index (κ1) is 20.7. The summed E-state index contributed by atoms with van der Waals surface area (Å²) in [4.78, 5) is 18.8. The van der Waals surface area contributed by atoms with Crippen molar-refractivity contribution in [3.8, 4) is 0 Å². The van der Waals surface area contributed by atoms with Crippen molar-refractivity contribution in [2.75, 3.05) is 13.1 Å². The number of rotatable bonds is 5. The minimum absolute atomic E-state index is 0.0612. The highest BCUT2D eigenvalue weighted by atomic mass is 16.1. The minimum atomic E-state index is -0.264. The quantitative estimate of drug-likeness (QED) is 0.694. The van der Waals surface area contributed by atoms with Crippen LogP contribution in [0, 0.1) is 13.8 Å². The molecule has 0 unspecified atom stereocenters. The molecule has 0 spiro atoms. The topological polar surface area (TPSA) is 79.7 Å². The number of pyridine rings is 1. The van der Waals surface area contributed by atoms with E-state index in [4.69, 9.17) is 0 Å². The zero-order chi connectivity index (χ0) is 21.5. The monoisotopic (exact) mass is 408 g/mol. The molecule has 1 aliphatic heterocycles. The first-order valence-electron chi connectivity index (χ1n) is 11.0. The number of piperidine rings is 1. The van der Waals surface area contributed by atoms with Gasteiger partial charge in [0.15, 0.2) is 5.82 Å². The Morgan fingerprint density at radius 1 is 1.13 bits per heavy atom. The van der Waals surface area contributed by atoms with Gasteiger partial charge in [-0.05, 0) is 93.6 Å². The molecule has 3 heterocycles. The van der Waals surface area contributed by atoms with E-state index in [9.17, 15) is 4.79 Å². The summed E-state index contributed by atoms with van der Waals surface area (Å²) < 4.78 is 1.91. The number of benzene rings is 1. The van der Waals surface area contributed by atoms with Gasteiger partial charge in [-0.15, -0.1) is 5.10 Å². The summed E-state index contributed by atoms with van der Waals surface area (Å²) >= 11 is 0. The number of aromatic nitrogens is 5. The molecule has 0 radical (unpaired) electrons. The molecule has 1 N–H and O–H groups in total. The highest BCUT2D eigenvalue weighted by Gasteiger charge is 2.34. The van der Waals surface area contributed by atoms with Gasteiger partial charge in [-0.2, -0.15) is 0 Å². The fourth-order valence-electron chi connectivity index (χ4n) is 4.53. The van der Waals surface area contributed by atoms with Gasteiger partial charge in [0.1, 0.15) is 6.04 Å². The number of likely N-dealkylation sites (tertiary alicyclic amines) is 1. The van der Waals surface area contributed by atoms with Crippen molar-refractivity contribution >= 4 is 10.9 Å². The predicted molar refractivity (Wildman–Crippen MR) is 119 cm³/mol. The third-order valence-corrected chi connectivity index (χ3v) is 6.55. The molecule has 7 nitrogen and oxygen atoms in total. The average Bonchev–Trinajstić information content (AvgIpc) is 3.20. The van der Waals surface area contributed by atoms with Crippen molar-refractivity contribution < 1.29 is 0 Å². The maximum absolute atomic E-state index is 13.3. The van der Waals surface area contributed by atoms with E-state index >= 15 is 0 Å². The maximum atomic E-state index is 13.3. The molecular weight excluding hydrogens is 376 g/mol. The van der Waals surface area contributed by atoms with E-state index in [1.54, 1.807) is 0 Å². The summed E-state index contributed by atoms with van der Waals surface area (Å²) in [6.07, 6.45) is 4.36. The predicted octanol–water partition coefficient (Wildman–Crippen LogP) is 3.85. The van der Waals surface area contributed by atoms with E-state index in [0.29, 0.717) is 0 Å². The van der Waals surface area contributed by atoms with E-state index in [1.165, 1.54) is 12.0 Å². The van der Waals surface area contributed by atoms with Crippen molar-refractivity contribution in [1.29, 1.82) is 0 Å². The van der Waals surface area contributed by atoms with Crippen LogP contribution in [0.5, 0.6) is 0 Å². The summed E-state index contributed by atoms with van der Waals surface area (Å²) in [7, 11) is 0. The molecule has 1 saturated heterocycles. The van der Waals surface area contributed by atoms with Crippen LogP contribution >= 0.6 is 0 Å². The number of nitrogens with one attached hydrogen (secondary N) is 1. The third kappa shape index (κ3) is 3.67. The van der Waals surface area contributed by atoms with Gasteiger partial charge in [0, 0.05) is 5.56 Å². The lowest BCUT2D eigenvalue weighted by atomic mass is 9.97. The van der Waals surface area contributed by atoms with Gasteiger partial charge >= 0.3 is 0 Å². The molecule has 1 fully saturated rings. The molecule has 0 amide bonds. The largest absolute Gasteiger partial charge is 0.321 e. The molecule has 1 atom stereocenters. The van der Waals surface area contributed by atoms with Gasteiger partial charge in [-0.25, -0.2) is 4.68 Å². The third-order valence-electron chi connectivity index (χ3n) is 6.55. The van der Waals surface area contributed by atoms with Crippen LogP contribution in [-0.4, -0.2) is 43.2 Å². The molecule has 0 aliphatic carbocycles. The van der Waals surface area contributed by atoms with Crippen LogP contribution in [-0.2, 0) is 5.54 Å². The highest BCUT2D eigenvalue weighted by Crippen LogP contribution is 2.32. The lowest BCUT2D eigenvalue weighted by Crippen LogP contribution is -2.40. The van der Waals surface area contributed by atoms with Crippen LogP contribution in [0.4, 0.5) is 0 Å². The number of fused-ring (bicyclic) bond motifs is 1. The Labute approximate surface area is 177 Å². The number of H-pyrrole nitrogens is 1. The fraction of sp³-hybridized carbons (Fsp3) is 0.565. The zero-order valence-corrected chi connectivity index (χ0v) is 18.7. The molecule has 2 aromatic heterocycles. The van der Waals surface area contributed by atoms with Gasteiger partial charge in [-0.1, -0.05) is 25.0 Å².